The van der Waals surface area contributed by atoms with E-state index in [1.54, 1.807) is 6.07 Å². The Labute approximate surface area is 78.0 Å². The van der Waals surface area contributed by atoms with Crippen molar-refractivity contribution in [3.05, 3.63) is 35.1 Å². The highest BCUT2D eigenvalue weighted by Crippen LogP contribution is 2.09. The van der Waals surface area contributed by atoms with E-state index < -0.39 is 0 Å². The van der Waals surface area contributed by atoms with Gasteiger partial charge in [-0.3, -0.25) is 0 Å². The first kappa shape index (κ1) is 9.76. The molecule has 0 unspecified atom stereocenters. The summed E-state index contributed by atoms with van der Waals surface area (Å²) >= 11 is 0. The summed E-state index contributed by atoms with van der Waals surface area (Å²) in [6.45, 7) is 2.88. The summed E-state index contributed by atoms with van der Waals surface area (Å²) in [5.74, 6) is 2.25. The van der Waals surface area contributed by atoms with Crippen LogP contribution in [0.1, 0.15) is 11.1 Å². The zero-order valence-electron chi connectivity index (χ0n) is 7.60. The minimum Gasteiger partial charge on any atom is -0.302 e. The molecular formula is C11H12FN. The van der Waals surface area contributed by atoms with Gasteiger partial charge in [0.2, 0.25) is 0 Å². The van der Waals surface area contributed by atoms with Crippen LogP contribution in [0.4, 0.5) is 4.39 Å². The van der Waals surface area contributed by atoms with E-state index in [-0.39, 0.29) is 5.82 Å². The van der Waals surface area contributed by atoms with Gasteiger partial charge in [0, 0.05) is 12.1 Å². The van der Waals surface area contributed by atoms with Crippen molar-refractivity contribution >= 4 is 0 Å². The minimum atomic E-state index is -0.185. The number of rotatable bonds is 3. The lowest BCUT2D eigenvalue weighted by Crippen LogP contribution is -2.14. The van der Waals surface area contributed by atoms with Crippen LogP contribution >= 0.6 is 0 Å². The predicted octanol–water partition coefficient (Wildman–Crippen LogP) is 1.86. The van der Waals surface area contributed by atoms with E-state index in [9.17, 15) is 4.39 Å². The van der Waals surface area contributed by atoms with Gasteiger partial charge in [-0.1, -0.05) is 23.6 Å². The molecule has 0 amide bonds. The minimum absolute atomic E-state index is 0.185. The van der Waals surface area contributed by atoms with Crippen LogP contribution in [0, 0.1) is 25.1 Å². The fourth-order valence-electron chi connectivity index (χ4n) is 1.11. The van der Waals surface area contributed by atoms with Gasteiger partial charge < -0.3 is 5.32 Å². The molecule has 0 saturated carbocycles. The smallest absolute Gasteiger partial charge is 0.127 e. The highest BCUT2D eigenvalue weighted by atomic mass is 19.1. The maximum Gasteiger partial charge on any atom is 0.127 e. The molecule has 0 bridgehead atoms. The zero-order chi connectivity index (χ0) is 9.68. The average molecular weight is 177 g/mol. The third-order valence-electron chi connectivity index (χ3n) is 1.74. The summed E-state index contributed by atoms with van der Waals surface area (Å²) < 4.78 is 13.1. The molecule has 0 aromatic heterocycles. The number of halogens is 1. The molecule has 1 nitrogen and oxygen atoms in total. The van der Waals surface area contributed by atoms with Gasteiger partial charge in [0.15, 0.2) is 0 Å². The lowest BCUT2D eigenvalue weighted by Gasteiger charge is -2.04. The summed E-state index contributed by atoms with van der Waals surface area (Å²) in [5.41, 5.74) is 1.72. The number of hydrogen-bond donors (Lipinski definition) is 1. The highest BCUT2D eigenvalue weighted by molar-refractivity contribution is 5.23. The second-order valence-corrected chi connectivity index (χ2v) is 2.90. The van der Waals surface area contributed by atoms with Gasteiger partial charge in [0.25, 0.3) is 0 Å². The molecule has 0 atom stereocenters. The molecule has 0 radical (unpaired) electrons. The Bertz CT molecular complexity index is 325. The largest absolute Gasteiger partial charge is 0.302 e. The Morgan fingerprint density at radius 1 is 1.54 bits per heavy atom. The van der Waals surface area contributed by atoms with Gasteiger partial charge in [-0.05, 0) is 13.0 Å². The third kappa shape index (κ3) is 2.89. The molecule has 0 fully saturated rings. The molecule has 2 heteroatoms. The van der Waals surface area contributed by atoms with Crippen molar-refractivity contribution in [2.75, 3.05) is 6.54 Å². The summed E-state index contributed by atoms with van der Waals surface area (Å²) in [6, 6.07) is 5.04. The van der Waals surface area contributed by atoms with E-state index in [0.717, 1.165) is 5.56 Å². The number of aryl methyl sites for hydroxylation is 1. The number of nitrogens with one attached hydrogen (secondary N) is 1. The van der Waals surface area contributed by atoms with Gasteiger partial charge in [-0.15, -0.1) is 6.42 Å². The Kier molecular flexibility index (Phi) is 3.48. The van der Waals surface area contributed by atoms with Crippen LogP contribution in [-0.4, -0.2) is 6.54 Å². The summed E-state index contributed by atoms with van der Waals surface area (Å²) in [6.07, 6.45) is 5.05. The summed E-state index contributed by atoms with van der Waals surface area (Å²) in [4.78, 5) is 0. The second-order valence-electron chi connectivity index (χ2n) is 2.90. The highest BCUT2D eigenvalue weighted by Gasteiger charge is 2.00. The average Bonchev–Trinajstić information content (AvgIpc) is 2.11. The van der Waals surface area contributed by atoms with Crippen molar-refractivity contribution in [1.82, 2.24) is 5.32 Å². The molecule has 1 aromatic rings. The quantitative estimate of drug-likeness (QED) is 0.549. The number of terminal acetylenes is 1. The van der Waals surface area contributed by atoms with E-state index in [1.165, 1.54) is 6.07 Å². The van der Waals surface area contributed by atoms with Crippen molar-refractivity contribution in [2.45, 2.75) is 13.5 Å². The fourth-order valence-corrected chi connectivity index (χ4v) is 1.11. The Hall–Kier alpha value is -1.33. The van der Waals surface area contributed by atoms with Crippen LogP contribution in [0.3, 0.4) is 0 Å². The molecule has 68 valence electrons. The second kappa shape index (κ2) is 4.64. The molecule has 0 aliphatic rings. The van der Waals surface area contributed by atoms with Crippen molar-refractivity contribution < 1.29 is 4.39 Å². The van der Waals surface area contributed by atoms with E-state index in [1.807, 2.05) is 13.0 Å². The number of hydrogen-bond acceptors (Lipinski definition) is 1. The molecule has 1 N–H and O–H groups in total. The van der Waals surface area contributed by atoms with Crippen molar-refractivity contribution in [3.8, 4) is 12.3 Å². The van der Waals surface area contributed by atoms with Gasteiger partial charge >= 0.3 is 0 Å². The molecule has 0 saturated heterocycles. The van der Waals surface area contributed by atoms with E-state index >= 15 is 0 Å². The monoisotopic (exact) mass is 177 g/mol. The van der Waals surface area contributed by atoms with Crippen LogP contribution in [0.25, 0.3) is 0 Å². The molecule has 0 spiro atoms. The van der Waals surface area contributed by atoms with Crippen LogP contribution < -0.4 is 5.32 Å². The van der Waals surface area contributed by atoms with Crippen LogP contribution in [-0.2, 0) is 6.54 Å². The predicted molar refractivity (Wildman–Crippen MR) is 51.7 cm³/mol. The molecule has 1 aromatic carbocycles. The first-order valence-electron chi connectivity index (χ1n) is 4.13. The number of benzene rings is 1. The van der Waals surface area contributed by atoms with E-state index in [0.29, 0.717) is 18.7 Å². The van der Waals surface area contributed by atoms with Crippen molar-refractivity contribution in [1.29, 1.82) is 0 Å². The molecule has 0 aliphatic heterocycles. The lowest BCUT2D eigenvalue weighted by molar-refractivity contribution is 0.597. The molecule has 13 heavy (non-hydrogen) atoms. The maximum atomic E-state index is 13.1. The standard InChI is InChI=1S/C11H12FN/c1-3-6-13-8-10-7-9(2)4-5-11(10)12/h1,4-5,7,13H,6,8H2,2H3. The summed E-state index contributed by atoms with van der Waals surface area (Å²) in [5, 5.41) is 2.94. The van der Waals surface area contributed by atoms with Gasteiger partial charge in [0.1, 0.15) is 5.82 Å². The van der Waals surface area contributed by atoms with E-state index in [2.05, 4.69) is 11.2 Å². The SMILES string of the molecule is C#CCNCc1cc(C)ccc1F. The first-order valence-corrected chi connectivity index (χ1v) is 4.13. The maximum absolute atomic E-state index is 13.1. The molecular weight excluding hydrogens is 165 g/mol. The van der Waals surface area contributed by atoms with Crippen LogP contribution in [0.2, 0.25) is 0 Å². The first-order chi connectivity index (χ1) is 6.24. The Morgan fingerprint density at radius 3 is 3.00 bits per heavy atom. The van der Waals surface area contributed by atoms with Crippen LogP contribution in [0.15, 0.2) is 18.2 Å². The van der Waals surface area contributed by atoms with Crippen molar-refractivity contribution in [3.63, 3.8) is 0 Å². The third-order valence-corrected chi connectivity index (χ3v) is 1.74. The van der Waals surface area contributed by atoms with Gasteiger partial charge in [0.05, 0.1) is 6.54 Å². The molecule has 0 heterocycles. The lowest BCUT2D eigenvalue weighted by atomic mass is 10.1. The van der Waals surface area contributed by atoms with Crippen LogP contribution in [0.5, 0.6) is 0 Å². The topological polar surface area (TPSA) is 12.0 Å². The zero-order valence-corrected chi connectivity index (χ0v) is 7.60. The molecule has 1 rings (SSSR count). The Balaban J connectivity index is 2.65. The Morgan fingerprint density at radius 2 is 2.31 bits per heavy atom. The van der Waals surface area contributed by atoms with Gasteiger partial charge in [-0.25, -0.2) is 4.39 Å². The molecule has 0 aliphatic carbocycles. The van der Waals surface area contributed by atoms with E-state index in [4.69, 9.17) is 6.42 Å². The normalized spacial score (nSPS) is 9.62. The summed E-state index contributed by atoms with van der Waals surface area (Å²) in [7, 11) is 0. The van der Waals surface area contributed by atoms with Gasteiger partial charge in [-0.2, -0.15) is 0 Å². The van der Waals surface area contributed by atoms with Crippen molar-refractivity contribution in [2.24, 2.45) is 0 Å². The fraction of sp³-hybridized carbons (Fsp3) is 0.273.